The van der Waals surface area contributed by atoms with Crippen LogP contribution in [0.4, 0.5) is 18.9 Å². The van der Waals surface area contributed by atoms with Crippen LogP contribution in [0.1, 0.15) is 10.4 Å². The molecule has 0 saturated heterocycles. The largest absolute Gasteiger partial charge is 0.434 e. The molecule has 16 heavy (non-hydrogen) atoms. The standard InChI is InChI=1S/C8H4F3NO4/c9-6-1-4(16-8(10)11)2-7(12(14)15)5(6)3-13/h1-3,8H. The van der Waals surface area contributed by atoms with Gasteiger partial charge in [0.25, 0.3) is 5.69 Å². The second-order valence-corrected chi connectivity index (χ2v) is 2.59. The molecule has 0 N–H and O–H groups in total. The predicted molar refractivity (Wildman–Crippen MR) is 45.1 cm³/mol. The molecule has 0 unspecified atom stereocenters. The maximum atomic E-state index is 13.1. The van der Waals surface area contributed by atoms with Crippen LogP contribution in [0.15, 0.2) is 12.1 Å². The Bertz CT molecular complexity index is 436. The summed E-state index contributed by atoms with van der Waals surface area (Å²) in [6.45, 7) is -3.24. The first-order valence-corrected chi connectivity index (χ1v) is 3.83. The molecule has 1 rings (SSSR count). The Labute approximate surface area is 86.6 Å². The van der Waals surface area contributed by atoms with Crippen LogP contribution in [0.3, 0.4) is 0 Å². The van der Waals surface area contributed by atoms with Gasteiger partial charge in [-0.2, -0.15) is 8.78 Å². The predicted octanol–water partition coefficient (Wildman–Crippen LogP) is 2.15. The van der Waals surface area contributed by atoms with Gasteiger partial charge in [-0.15, -0.1) is 0 Å². The molecule has 0 bridgehead atoms. The van der Waals surface area contributed by atoms with Gasteiger partial charge in [0, 0.05) is 6.07 Å². The highest BCUT2D eigenvalue weighted by Crippen LogP contribution is 2.27. The summed E-state index contributed by atoms with van der Waals surface area (Å²) < 4.78 is 40.4. The van der Waals surface area contributed by atoms with Gasteiger partial charge in [-0.1, -0.05) is 0 Å². The number of hydrogen-bond donors (Lipinski definition) is 0. The number of nitro benzene ring substituents is 1. The Hall–Kier alpha value is -2.12. The molecule has 0 aliphatic rings. The van der Waals surface area contributed by atoms with Gasteiger partial charge in [-0.05, 0) is 0 Å². The van der Waals surface area contributed by atoms with Gasteiger partial charge in [0.1, 0.15) is 17.1 Å². The average Bonchev–Trinajstić information content (AvgIpc) is 2.15. The van der Waals surface area contributed by atoms with Crippen molar-refractivity contribution in [2.45, 2.75) is 6.61 Å². The average molecular weight is 235 g/mol. The van der Waals surface area contributed by atoms with Crippen LogP contribution in [0.5, 0.6) is 5.75 Å². The summed E-state index contributed by atoms with van der Waals surface area (Å²) in [7, 11) is 0. The third-order valence-electron chi connectivity index (χ3n) is 1.62. The highest BCUT2D eigenvalue weighted by molar-refractivity contribution is 5.82. The Morgan fingerprint density at radius 2 is 2.06 bits per heavy atom. The zero-order chi connectivity index (χ0) is 12.3. The first kappa shape index (κ1) is 12.0. The third kappa shape index (κ3) is 2.47. The maximum Gasteiger partial charge on any atom is 0.387 e. The Balaban J connectivity index is 3.28. The molecular formula is C8H4F3NO4. The van der Waals surface area contributed by atoms with E-state index in [2.05, 4.69) is 4.74 Å². The van der Waals surface area contributed by atoms with E-state index in [1.54, 1.807) is 0 Å². The van der Waals surface area contributed by atoms with Crippen LogP contribution < -0.4 is 4.74 Å². The lowest BCUT2D eigenvalue weighted by molar-refractivity contribution is -0.385. The van der Waals surface area contributed by atoms with Gasteiger partial charge >= 0.3 is 6.61 Å². The summed E-state index contributed by atoms with van der Waals surface area (Å²) in [5.74, 6) is -2.01. The molecule has 86 valence electrons. The summed E-state index contributed by atoms with van der Waals surface area (Å²) in [5.41, 5.74) is -1.74. The van der Waals surface area contributed by atoms with Crippen LogP contribution in [0.2, 0.25) is 0 Å². The molecule has 0 fully saturated rings. The lowest BCUT2D eigenvalue weighted by atomic mass is 10.2. The van der Waals surface area contributed by atoms with Crippen molar-refractivity contribution in [1.29, 1.82) is 0 Å². The zero-order valence-corrected chi connectivity index (χ0v) is 7.52. The van der Waals surface area contributed by atoms with Crippen LogP contribution >= 0.6 is 0 Å². The summed E-state index contributed by atoms with van der Waals surface area (Å²) in [5, 5.41) is 10.4. The molecule has 1 aromatic carbocycles. The van der Waals surface area contributed by atoms with E-state index >= 15 is 0 Å². The molecule has 0 aliphatic heterocycles. The second-order valence-electron chi connectivity index (χ2n) is 2.59. The van der Waals surface area contributed by atoms with Crippen molar-refractivity contribution in [2.75, 3.05) is 0 Å². The fourth-order valence-electron chi connectivity index (χ4n) is 1.02. The van der Waals surface area contributed by atoms with Gasteiger partial charge < -0.3 is 4.74 Å². The SMILES string of the molecule is O=Cc1c(F)cc(OC(F)F)cc1[N+](=O)[O-]. The Kier molecular flexibility index (Phi) is 3.44. The number of ether oxygens (including phenoxy) is 1. The molecule has 0 heterocycles. The molecule has 1 aromatic rings. The number of rotatable bonds is 4. The molecule has 0 spiro atoms. The fraction of sp³-hybridized carbons (Fsp3) is 0.125. The van der Waals surface area contributed by atoms with Gasteiger partial charge in [0.15, 0.2) is 6.29 Å². The quantitative estimate of drug-likeness (QED) is 0.455. The molecule has 0 saturated carbocycles. The molecule has 8 heteroatoms. The Morgan fingerprint density at radius 1 is 1.44 bits per heavy atom. The highest BCUT2D eigenvalue weighted by atomic mass is 19.3. The first-order chi connectivity index (χ1) is 7.45. The molecule has 0 radical (unpaired) electrons. The molecule has 0 amide bonds. The molecule has 0 aromatic heterocycles. The van der Waals surface area contributed by atoms with Crippen LogP contribution in [-0.4, -0.2) is 17.8 Å². The number of carbonyl (C=O) groups is 1. The maximum absolute atomic E-state index is 13.1. The summed E-state index contributed by atoms with van der Waals surface area (Å²) in [6, 6.07) is 1.03. The fourth-order valence-corrected chi connectivity index (χ4v) is 1.02. The van der Waals surface area contributed by atoms with Gasteiger partial charge in [0.2, 0.25) is 0 Å². The summed E-state index contributed by atoms with van der Waals surface area (Å²) in [4.78, 5) is 19.7. The van der Waals surface area contributed by atoms with E-state index in [0.717, 1.165) is 0 Å². The summed E-state index contributed by atoms with van der Waals surface area (Å²) in [6.07, 6.45) is -0.0698. The Morgan fingerprint density at radius 3 is 2.50 bits per heavy atom. The van der Waals surface area contributed by atoms with Crippen molar-refractivity contribution < 1.29 is 27.6 Å². The van der Waals surface area contributed by atoms with E-state index < -0.39 is 34.4 Å². The number of halogens is 3. The molecule has 0 aliphatic carbocycles. The smallest absolute Gasteiger partial charge is 0.387 e. The first-order valence-electron chi connectivity index (χ1n) is 3.83. The van der Waals surface area contributed by atoms with Crippen molar-refractivity contribution in [3.63, 3.8) is 0 Å². The van der Waals surface area contributed by atoms with E-state index in [-0.39, 0.29) is 6.29 Å². The number of benzene rings is 1. The van der Waals surface area contributed by atoms with Gasteiger partial charge in [0.05, 0.1) is 11.0 Å². The minimum absolute atomic E-state index is 0.0698. The van der Waals surface area contributed by atoms with E-state index in [1.807, 2.05) is 0 Å². The minimum atomic E-state index is -3.24. The number of nitro groups is 1. The zero-order valence-electron chi connectivity index (χ0n) is 7.52. The lowest BCUT2D eigenvalue weighted by Gasteiger charge is -2.05. The van der Waals surface area contributed by atoms with Crippen molar-refractivity contribution in [2.24, 2.45) is 0 Å². The van der Waals surface area contributed by atoms with Crippen LogP contribution in [-0.2, 0) is 0 Å². The number of hydrogen-bond acceptors (Lipinski definition) is 4. The van der Waals surface area contributed by atoms with Crippen molar-refractivity contribution in [1.82, 2.24) is 0 Å². The van der Waals surface area contributed by atoms with E-state index in [1.165, 1.54) is 0 Å². The molecule has 0 atom stereocenters. The monoisotopic (exact) mass is 235 g/mol. The van der Waals surface area contributed by atoms with Crippen LogP contribution in [0, 0.1) is 15.9 Å². The third-order valence-corrected chi connectivity index (χ3v) is 1.62. The number of alkyl halides is 2. The summed E-state index contributed by atoms with van der Waals surface area (Å²) >= 11 is 0. The second kappa shape index (κ2) is 4.60. The van der Waals surface area contributed by atoms with Crippen molar-refractivity contribution >= 4 is 12.0 Å². The highest BCUT2D eigenvalue weighted by Gasteiger charge is 2.21. The number of aldehydes is 1. The van der Waals surface area contributed by atoms with Crippen molar-refractivity contribution in [3.05, 3.63) is 33.6 Å². The van der Waals surface area contributed by atoms with Crippen LogP contribution in [0.25, 0.3) is 0 Å². The number of nitrogens with zero attached hydrogens (tertiary/aromatic N) is 1. The van der Waals surface area contributed by atoms with E-state index in [9.17, 15) is 28.1 Å². The van der Waals surface area contributed by atoms with Gasteiger partial charge in [-0.3, -0.25) is 14.9 Å². The van der Waals surface area contributed by atoms with E-state index in [4.69, 9.17) is 0 Å². The van der Waals surface area contributed by atoms with Gasteiger partial charge in [-0.25, -0.2) is 4.39 Å². The van der Waals surface area contributed by atoms with Crippen molar-refractivity contribution in [3.8, 4) is 5.75 Å². The topological polar surface area (TPSA) is 69.4 Å². The van der Waals surface area contributed by atoms with E-state index in [0.29, 0.717) is 12.1 Å². The number of carbonyl (C=O) groups excluding carboxylic acids is 1. The molecule has 5 nitrogen and oxygen atoms in total. The lowest BCUT2D eigenvalue weighted by Crippen LogP contribution is -2.05. The minimum Gasteiger partial charge on any atom is -0.434 e. The normalized spacial score (nSPS) is 10.2. The molecular weight excluding hydrogens is 231 g/mol.